The van der Waals surface area contributed by atoms with Crippen LogP contribution in [0.3, 0.4) is 0 Å². The van der Waals surface area contributed by atoms with Crippen LogP contribution in [0.15, 0.2) is 59.1 Å². The van der Waals surface area contributed by atoms with Crippen molar-refractivity contribution in [1.82, 2.24) is 20.0 Å². The van der Waals surface area contributed by atoms with Gasteiger partial charge in [-0.1, -0.05) is 23.4 Å². The van der Waals surface area contributed by atoms with Crippen LogP contribution in [-0.2, 0) is 41.3 Å². The summed E-state index contributed by atoms with van der Waals surface area (Å²) in [5.41, 5.74) is 39.3. The Morgan fingerprint density at radius 1 is 0.697 bits per heavy atom. The number of nitrogens with one attached hydrogen (secondary N) is 2. The highest BCUT2D eigenvalue weighted by atomic mass is 16.8. The van der Waals surface area contributed by atoms with Gasteiger partial charge in [0.25, 0.3) is 0 Å². The average Bonchev–Trinajstić information content (AvgIpc) is 4.03. The fourth-order valence-electron chi connectivity index (χ4n) is 8.46. The number of urea groups is 1. The molecule has 66 heavy (non-hydrogen) atoms. The maximum atomic E-state index is 12.5. The van der Waals surface area contributed by atoms with E-state index in [1.165, 1.54) is 10.9 Å². The lowest BCUT2D eigenvalue weighted by molar-refractivity contribution is -0.307. The molecule has 8 rings (SSSR count). The number of aliphatic hydroxyl groups is 6. The summed E-state index contributed by atoms with van der Waals surface area (Å²) in [5.74, 6) is 0.370. The molecule has 2 aromatic carbocycles. The van der Waals surface area contributed by atoms with Crippen LogP contribution in [0.4, 0.5) is 16.2 Å². The van der Waals surface area contributed by atoms with Crippen molar-refractivity contribution in [1.29, 1.82) is 0 Å². The monoisotopic (exact) mass is 930 g/mol. The van der Waals surface area contributed by atoms with Crippen LogP contribution < -0.4 is 45.0 Å². The molecule has 3 saturated heterocycles. The first-order valence-electron chi connectivity index (χ1n) is 21.5. The van der Waals surface area contributed by atoms with Crippen molar-refractivity contribution in [2.45, 2.75) is 136 Å². The van der Waals surface area contributed by atoms with Crippen LogP contribution in [0.2, 0.25) is 0 Å². The number of ether oxygens (including phenoxy) is 6. The molecule has 0 radical (unpaired) electrons. The van der Waals surface area contributed by atoms with Gasteiger partial charge in [-0.05, 0) is 36.8 Å². The molecule has 5 heterocycles. The molecule has 0 unspecified atom stereocenters. The smallest absolute Gasteiger partial charge is 0.323 e. The molecule has 20 N–H and O–H groups in total. The number of anilines is 2. The number of benzene rings is 2. The van der Waals surface area contributed by atoms with Crippen molar-refractivity contribution in [3.8, 4) is 0 Å². The zero-order valence-electron chi connectivity index (χ0n) is 35.4. The molecule has 1 aliphatic carbocycles. The molecule has 2 amide bonds. The van der Waals surface area contributed by atoms with E-state index in [1.807, 2.05) is 6.07 Å². The lowest BCUT2D eigenvalue weighted by Crippen LogP contribution is -2.68. The average molecular weight is 931 g/mol. The second-order valence-electron chi connectivity index (χ2n) is 16.8. The molecular formula is C40H58N12O14. The van der Waals surface area contributed by atoms with E-state index >= 15 is 0 Å². The summed E-state index contributed by atoms with van der Waals surface area (Å²) < 4.78 is 43.7. The van der Waals surface area contributed by atoms with Crippen LogP contribution in [-0.4, -0.2) is 180 Å². The molecule has 0 bridgehead atoms. The molecule has 26 heteroatoms. The molecule has 4 fully saturated rings. The topological polar surface area (TPSA) is 431 Å². The van der Waals surface area contributed by atoms with Gasteiger partial charge in [0.15, 0.2) is 36.6 Å². The molecule has 1 saturated carbocycles. The first kappa shape index (κ1) is 48.1. The van der Waals surface area contributed by atoms with Crippen LogP contribution in [0.5, 0.6) is 0 Å². The highest BCUT2D eigenvalue weighted by molar-refractivity contribution is 6.00. The van der Waals surface area contributed by atoms with E-state index in [-0.39, 0.29) is 32.4 Å². The molecular weight excluding hydrogens is 873 g/mol. The van der Waals surface area contributed by atoms with Crippen LogP contribution in [0, 0.1) is 0 Å². The zero-order chi connectivity index (χ0) is 47.0. The predicted molar refractivity (Wildman–Crippen MR) is 227 cm³/mol. The number of aryl methyl sites for hydroxylation is 2. The molecule has 2 aromatic heterocycles. The van der Waals surface area contributed by atoms with Crippen molar-refractivity contribution in [3.63, 3.8) is 0 Å². The van der Waals surface area contributed by atoms with Gasteiger partial charge in [0.1, 0.15) is 66.6 Å². The molecule has 4 aliphatic rings. The lowest BCUT2D eigenvalue weighted by Gasteiger charge is -2.47. The Labute approximate surface area is 376 Å². The van der Waals surface area contributed by atoms with Gasteiger partial charge in [-0.25, -0.2) is 14.5 Å². The summed E-state index contributed by atoms with van der Waals surface area (Å²) in [5, 5.41) is 79.7. The fraction of sp³-hybridized carbons (Fsp3) is 0.600. The van der Waals surface area contributed by atoms with E-state index in [2.05, 4.69) is 25.9 Å². The van der Waals surface area contributed by atoms with Gasteiger partial charge in [0, 0.05) is 49.4 Å². The van der Waals surface area contributed by atoms with Crippen molar-refractivity contribution >= 4 is 28.5 Å². The summed E-state index contributed by atoms with van der Waals surface area (Å²) in [7, 11) is 0. The number of aromatic nitrogens is 4. The van der Waals surface area contributed by atoms with E-state index in [0.717, 1.165) is 0 Å². The first-order valence-corrected chi connectivity index (χ1v) is 21.5. The lowest BCUT2D eigenvalue weighted by atomic mass is 9.84. The SMILES string of the molecule is NC[C@@H]1O[C@H](O[C@H]2[C@@H](O)[C@H](O[C@@H]3[C@@H](O)[C@H](N)C[C@H](N)[C@H]3O[C@H]3O[C@H](CN)[C@@H](O)[C@H](O)[C@H]3N)O[C@@H]2n2cc(CCc3nc4cc(NC(=O)Nc5ccccc5)ccc4o3)nn2)[C@H](N)[C@@H](O)[C@@H]1O. The molecule has 4 aromatic rings. The Balaban J connectivity index is 0.992. The minimum absolute atomic E-state index is 0.0480. The number of rotatable bonds is 14. The molecule has 19 atom stereocenters. The number of hydrogen-bond acceptors (Lipinski definition) is 23. The third-order valence-electron chi connectivity index (χ3n) is 12.2. The number of fused-ring (bicyclic) bond motifs is 1. The number of nitrogens with two attached hydrogens (primary N) is 6. The summed E-state index contributed by atoms with van der Waals surface area (Å²) in [4.78, 5) is 17.1. The normalized spacial score (nSPS) is 38.4. The first-order chi connectivity index (χ1) is 31.6. The van der Waals surface area contributed by atoms with E-state index < -0.39 is 122 Å². The second kappa shape index (κ2) is 20.4. The Morgan fingerprint density at radius 3 is 1.97 bits per heavy atom. The number of nitrogens with zero attached hydrogens (tertiary/aromatic N) is 4. The van der Waals surface area contributed by atoms with Crippen LogP contribution >= 0.6 is 0 Å². The van der Waals surface area contributed by atoms with Crippen molar-refractivity contribution in [2.75, 3.05) is 23.7 Å². The Bertz CT molecular complexity index is 2230. The van der Waals surface area contributed by atoms with Gasteiger partial charge in [0.2, 0.25) is 0 Å². The van der Waals surface area contributed by atoms with Gasteiger partial charge in [-0.2, -0.15) is 0 Å². The van der Waals surface area contributed by atoms with Gasteiger partial charge < -0.3 is 109 Å². The van der Waals surface area contributed by atoms with Gasteiger partial charge in [-0.3, -0.25) is 0 Å². The summed E-state index contributed by atoms with van der Waals surface area (Å²) in [6, 6.07) is 9.16. The van der Waals surface area contributed by atoms with Crippen LogP contribution in [0.1, 0.15) is 24.2 Å². The van der Waals surface area contributed by atoms with Crippen molar-refractivity contribution in [2.24, 2.45) is 34.4 Å². The summed E-state index contributed by atoms with van der Waals surface area (Å²) in [6.45, 7) is -0.397. The molecule has 26 nitrogen and oxygen atoms in total. The Hall–Kier alpha value is -4.40. The zero-order valence-corrected chi connectivity index (χ0v) is 35.4. The summed E-state index contributed by atoms with van der Waals surface area (Å²) in [6.07, 6.45) is -19.0. The highest BCUT2D eigenvalue weighted by Crippen LogP contribution is 2.38. The predicted octanol–water partition coefficient (Wildman–Crippen LogP) is -4.90. The Kier molecular flexibility index (Phi) is 14.9. The highest BCUT2D eigenvalue weighted by Gasteiger charge is 2.55. The Morgan fingerprint density at radius 2 is 1.32 bits per heavy atom. The number of carbonyl (C=O) groups is 1. The maximum absolute atomic E-state index is 12.5. The minimum atomic E-state index is -1.71. The van der Waals surface area contributed by atoms with E-state index in [0.29, 0.717) is 34.1 Å². The van der Waals surface area contributed by atoms with E-state index in [9.17, 15) is 35.4 Å². The standard InChI is InChI=1S/C40H58N12O14/c41-12-22-28(54)30(56)25(45)37(61-22)63-33-19(44)11-18(43)27(53)34(33)64-39-32(58)35(65-38-26(46)31(57)29(55)23(13-42)62-38)36(66-39)52-14-17(50-51-52)7-9-24-49-20-10-16(6-8-21(20)60-24)48-40(59)47-15-4-2-1-3-5-15/h1-6,8,10,14,18-19,22-23,25-39,53-58H,7,9,11-13,41-46H2,(H2,47,48,59)/t18-,19+,22-,23+,25-,26-,27+,28-,29-,30-,31-,32-,33-,34-,35+,36+,37-,38-,39-/m1/s1. The number of amides is 2. The number of para-hydroxylation sites is 1. The molecule has 0 spiro atoms. The fourth-order valence-corrected chi connectivity index (χ4v) is 8.46. The van der Waals surface area contributed by atoms with E-state index in [4.69, 9.17) is 67.2 Å². The number of aliphatic hydroxyl groups excluding tert-OH is 6. The summed E-state index contributed by atoms with van der Waals surface area (Å²) >= 11 is 0. The maximum Gasteiger partial charge on any atom is 0.323 e. The number of oxazole rings is 1. The number of hydrogen-bond donors (Lipinski definition) is 14. The second-order valence-corrected chi connectivity index (χ2v) is 16.8. The minimum Gasteiger partial charge on any atom is -0.441 e. The third-order valence-corrected chi connectivity index (χ3v) is 12.2. The third kappa shape index (κ3) is 10.1. The van der Waals surface area contributed by atoms with Gasteiger partial charge in [0.05, 0.1) is 30.1 Å². The molecule has 3 aliphatic heterocycles. The number of carbonyl (C=O) groups excluding carboxylic acids is 1. The quantitative estimate of drug-likeness (QED) is 0.0563. The van der Waals surface area contributed by atoms with Crippen molar-refractivity contribution < 1.29 is 68.3 Å². The van der Waals surface area contributed by atoms with Gasteiger partial charge in [-0.15, -0.1) is 5.10 Å². The van der Waals surface area contributed by atoms with Crippen LogP contribution in [0.25, 0.3) is 11.1 Å². The largest absolute Gasteiger partial charge is 0.441 e. The molecule has 362 valence electrons. The van der Waals surface area contributed by atoms with Gasteiger partial charge >= 0.3 is 6.03 Å². The van der Waals surface area contributed by atoms with Crippen molar-refractivity contribution in [3.05, 3.63) is 66.3 Å². The van der Waals surface area contributed by atoms with E-state index in [1.54, 1.807) is 42.5 Å².